The van der Waals surface area contributed by atoms with Gasteiger partial charge in [0.05, 0.1) is 6.54 Å². The summed E-state index contributed by atoms with van der Waals surface area (Å²) in [6, 6.07) is 5.91. The number of aromatic nitrogens is 3. The molecule has 19 heavy (non-hydrogen) atoms. The highest BCUT2D eigenvalue weighted by atomic mass is 19.1. The van der Waals surface area contributed by atoms with Crippen LogP contribution >= 0.6 is 0 Å². The van der Waals surface area contributed by atoms with Gasteiger partial charge in [-0.1, -0.05) is 12.1 Å². The zero-order chi connectivity index (χ0) is 13.7. The minimum atomic E-state index is -0.300. The summed E-state index contributed by atoms with van der Waals surface area (Å²) in [5.74, 6) is 0.151. The van der Waals surface area contributed by atoms with Crippen molar-refractivity contribution in [1.29, 1.82) is 0 Å². The van der Waals surface area contributed by atoms with Crippen molar-refractivity contribution in [2.75, 3.05) is 7.05 Å². The molecule has 0 saturated carbocycles. The monoisotopic (exact) mass is 260 g/mol. The van der Waals surface area contributed by atoms with Crippen LogP contribution in [-0.4, -0.2) is 33.0 Å². The highest BCUT2D eigenvalue weighted by Gasteiger charge is 2.07. The molecule has 0 saturated heterocycles. The lowest BCUT2D eigenvalue weighted by atomic mass is 10.2. The molecule has 2 aromatic rings. The number of likely N-dealkylation sites (N-methyl/N-ethyl adjacent to an activating group) is 1. The van der Waals surface area contributed by atoms with Crippen molar-refractivity contribution in [3.05, 3.63) is 53.9 Å². The topological polar surface area (TPSA) is 61.9 Å². The summed E-state index contributed by atoms with van der Waals surface area (Å²) in [7, 11) is 1.67. The number of nitrogens with zero attached hydrogens (tertiary/aromatic N) is 3. The fourth-order valence-electron chi connectivity index (χ4n) is 1.48. The standard InChI is InChI=1S/C13H13FN4O/c1-18(8-12-15-9-16-17-12)13(19)7-4-10-2-5-11(14)6-3-10/h2-7,9H,8H2,1H3,(H,15,16,17). The number of hydrogen-bond donors (Lipinski definition) is 1. The number of hydrogen-bond acceptors (Lipinski definition) is 3. The first-order valence-corrected chi connectivity index (χ1v) is 5.68. The molecule has 5 nitrogen and oxygen atoms in total. The molecular formula is C13H13FN4O. The second-order valence-corrected chi connectivity index (χ2v) is 4.01. The lowest BCUT2D eigenvalue weighted by molar-refractivity contribution is -0.125. The van der Waals surface area contributed by atoms with Crippen molar-refractivity contribution in [3.8, 4) is 0 Å². The van der Waals surface area contributed by atoms with Crippen LogP contribution in [0.25, 0.3) is 6.08 Å². The van der Waals surface area contributed by atoms with Crippen LogP contribution in [0.5, 0.6) is 0 Å². The molecule has 1 aromatic carbocycles. The van der Waals surface area contributed by atoms with E-state index in [0.717, 1.165) is 5.56 Å². The van der Waals surface area contributed by atoms with Gasteiger partial charge in [-0.05, 0) is 23.8 Å². The van der Waals surface area contributed by atoms with Gasteiger partial charge in [-0.25, -0.2) is 9.37 Å². The molecule has 0 aliphatic heterocycles. The minimum absolute atomic E-state index is 0.166. The van der Waals surface area contributed by atoms with Crippen LogP contribution in [0.15, 0.2) is 36.7 Å². The molecule has 0 aliphatic rings. The van der Waals surface area contributed by atoms with Gasteiger partial charge in [-0.15, -0.1) is 0 Å². The maximum absolute atomic E-state index is 12.7. The summed E-state index contributed by atoms with van der Waals surface area (Å²) in [6.45, 7) is 0.354. The summed E-state index contributed by atoms with van der Waals surface area (Å²) >= 11 is 0. The number of halogens is 1. The molecule has 2 rings (SSSR count). The molecule has 1 N–H and O–H groups in total. The fraction of sp³-hybridized carbons (Fsp3) is 0.154. The third kappa shape index (κ3) is 3.74. The molecule has 0 spiro atoms. The van der Waals surface area contributed by atoms with Crippen LogP contribution in [-0.2, 0) is 11.3 Å². The Balaban J connectivity index is 1.94. The van der Waals surface area contributed by atoms with Crippen LogP contribution in [0.2, 0.25) is 0 Å². The van der Waals surface area contributed by atoms with Crippen LogP contribution < -0.4 is 0 Å². The molecular weight excluding hydrogens is 247 g/mol. The molecule has 1 heterocycles. The van der Waals surface area contributed by atoms with E-state index < -0.39 is 0 Å². The zero-order valence-corrected chi connectivity index (χ0v) is 10.4. The summed E-state index contributed by atoms with van der Waals surface area (Å²) < 4.78 is 12.7. The molecule has 1 aromatic heterocycles. The normalized spacial score (nSPS) is 10.8. The lowest BCUT2D eigenvalue weighted by Crippen LogP contribution is -2.24. The van der Waals surface area contributed by atoms with E-state index in [9.17, 15) is 9.18 Å². The summed E-state index contributed by atoms with van der Waals surface area (Å²) in [4.78, 5) is 17.3. The van der Waals surface area contributed by atoms with Gasteiger partial charge in [-0.2, -0.15) is 5.10 Å². The predicted octanol–water partition coefficient (Wildman–Crippen LogP) is 1.62. The Kier molecular flexibility index (Phi) is 4.02. The van der Waals surface area contributed by atoms with E-state index in [1.54, 1.807) is 25.3 Å². The van der Waals surface area contributed by atoms with E-state index >= 15 is 0 Å². The van der Waals surface area contributed by atoms with Gasteiger partial charge >= 0.3 is 0 Å². The summed E-state index contributed by atoms with van der Waals surface area (Å²) in [5.41, 5.74) is 0.766. The molecule has 0 aliphatic carbocycles. The van der Waals surface area contributed by atoms with Gasteiger partial charge in [0.15, 0.2) is 0 Å². The quantitative estimate of drug-likeness (QED) is 0.850. The number of carbonyl (C=O) groups excluding carboxylic acids is 1. The Morgan fingerprint density at radius 1 is 1.42 bits per heavy atom. The SMILES string of the molecule is CN(Cc1ncn[nH]1)C(=O)C=Cc1ccc(F)cc1. The molecule has 0 bridgehead atoms. The van der Waals surface area contributed by atoms with Crippen molar-refractivity contribution < 1.29 is 9.18 Å². The van der Waals surface area contributed by atoms with E-state index in [1.165, 1.54) is 29.4 Å². The fourth-order valence-corrected chi connectivity index (χ4v) is 1.48. The molecule has 1 amide bonds. The Morgan fingerprint density at radius 3 is 2.79 bits per heavy atom. The third-order valence-electron chi connectivity index (χ3n) is 2.52. The van der Waals surface area contributed by atoms with E-state index in [0.29, 0.717) is 12.4 Å². The Morgan fingerprint density at radius 2 is 2.16 bits per heavy atom. The maximum atomic E-state index is 12.7. The summed E-state index contributed by atoms with van der Waals surface area (Å²) in [5, 5.41) is 6.39. The minimum Gasteiger partial charge on any atom is -0.335 e. The number of rotatable bonds is 4. The zero-order valence-electron chi connectivity index (χ0n) is 10.4. The molecule has 98 valence electrons. The average Bonchev–Trinajstić information content (AvgIpc) is 2.90. The lowest BCUT2D eigenvalue weighted by Gasteiger charge is -2.12. The first-order valence-electron chi connectivity index (χ1n) is 5.68. The van der Waals surface area contributed by atoms with Crippen molar-refractivity contribution in [2.45, 2.75) is 6.54 Å². The molecule has 0 atom stereocenters. The van der Waals surface area contributed by atoms with Gasteiger partial charge < -0.3 is 4.90 Å². The van der Waals surface area contributed by atoms with Gasteiger partial charge in [0, 0.05) is 13.1 Å². The van der Waals surface area contributed by atoms with Gasteiger partial charge in [0.2, 0.25) is 5.91 Å². The Hall–Kier alpha value is -2.50. The van der Waals surface area contributed by atoms with Crippen molar-refractivity contribution >= 4 is 12.0 Å². The van der Waals surface area contributed by atoms with E-state index in [1.807, 2.05) is 0 Å². The van der Waals surface area contributed by atoms with Crippen LogP contribution in [0.4, 0.5) is 4.39 Å². The molecule has 0 unspecified atom stereocenters. The second-order valence-electron chi connectivity index (χ2n) is 4.01. The number of aromatic amines is 1. The van der Waals surface area contributed by atoms with Gasteiger partial charge in [0.1, 0.15) is 18.0 Å². The predicted molar refractivity (Wildman–Crippen MR) is 68.3 cm³/mol. The van der Waals surface area contributed by atoms with Crippen molar-refractivity contribution in [1.82, 2.24) is 20.1 Å². The van der Waals surface area contributed by atoms with Gasteiger partial charge in [-0.3, -0.25) is 9.89 Å². The highest BCUT2D eigenvalue weighted by Crippen LogP contribution is 2.05. The Bertz CT molecular complexity index is 563. The number of benzene rings is 1. The molecule has 6 heteroatoms. The van der Waals surface area contributed by atoms with E-state index in [-0.39, 0.29) is 11.7 Å². The largest absolute Gasteiger partial charge is 0.335 e. The average molecular weight is 260 g/mol. The number of amides is 1. The van der Waals surface area contributed by atoms with E-state index in [2.05, 4.69) is 15.2 Å². The van der Waals surface area contributed by atoms with E-state index in [4.69, 9.17) is 0 Å². The van der Waals surface area contributed by atoms with Gasteiger partial charge in [0.25, 0.3) is 0 Å². The molecule has 0 fully saturated rings. The first-order chi connectivity index (χ1) is 9.15. The maximum Gasteiger partial charge on any atom is 0.246 e. The first kappa shape index (κ1) is 12.9. The van der Waals surface area contributed by atoms with Crippen LogP contribution in [0.1, 0.15) is 11.4 Å². The van der Waals surface area contributed by atoms with Crippen molar-refractivity contribution in [3.63, 3.8) is 0 Å². The number of carbonyl (C=O) groups is 1. The smallest absolute Gasteiger partial charge is 0.246 e. The van der Waals surface area contributed by atoms with Crippen LogP contribution in [0.3, 0.4) is 0 Å². The second kappa shape index (κ2) is 5.90. The Labute approximate surface area is 109 Å². The van der Waals surface area contributed by atoms with Crippen molar-refractivity contribution in [2.24, 2.45) is 0 Å². The molecule has 0 radical (unpaired) electrons. The third-order valence-corrected chi connectivity index (χ3v) is 2.52. The number of H-pyrrole nitrogens is 1. The number of nitrogens with one attached hydrogen (secondary N) is 1. The van der Waals surface area contributed by atoms with Crippen LogP contribution in [0, 0.1) is 5.82 Å². The highest BCUT2D eigenvalue weighted by molar-refractivity contribution is 5.91. The summed E-state index contributed by atoms with van der Waals surface area (Å²) in [6.07, 6.45) is 4.46.